The molecule has 1 heterocycles. The number of benzene rings is 1. The second-order valence-electron chi connectivity index (χ2n) is 6.35. The monoisotopic (exact) mass is 344 g/mol. The summed E-state index contributed by atoms with van der Waals surface area (Å²) in [4.78, 5) is 14.0. The Morgan fingerprint density at radius 3 is 2.46 bits per heavy atom. The fraction of sp³-hybridized carbons (Fsp3) is 0.588. The minimum atomic E-state index is -4.36. The molecular formula is C17H23F3N2O2. The highest BCUT2D eigenvalue weighted by atomic mass is 19.4. The van der Waals surface area contributed by atoms with Crippen LogP contribution in [0.2, 0.25) is 0 Å². The van der Waals surface area contributed by atoms with Gasteiger partial charge in [0.05, 0.1) is 5.92 Å². The summed E-state index contributed by atoms with van der Waals surface area (Å²) in [6.07, 6.45) is -3.52. The predicted octanol–water partition coefficient (Wildman–Crippen LogP) is 2.81. The lowest BCUT2D eigenvalue weighted by molar-refractivity contribution is -0.153. The summed E-state index contributed by atoms with van der Waals surface area (Å²) < 4.78 is 41.9. The van der Waals surface area contributed by atoms with E-state index in [4.69, 9.17) is 4.74 Å². The smallest absolute Gasteiger partial charge is 0.422 e. The molecule has 4 nitrogen and oxygen atoms in total. The fourth-order valence-electron chi connectivity index (χ4n) is 3.04. The molecule has 0 unspecified atom stereocenters. The third-order valence-corrected chi connectivity index (χ3v) is 4.11. The minimum absolute atomic E-state index is 0.00610. The van der Waals surface area contributed by atoms with Crippen LogP contribution in [0.3, 0.4) is 0 Å². The maximum Gasteiger partial charge on any atom is 0.422 e. The largest absolute Gasteiger partial charge is 0.484 e. The summed E-state index contributed by atoms with van der Waals surface area (Å²) >= 11 is 0. The van der Waals surface area contributed by atoms with E-state index in [0.29, 0.717) is 24.2 Å². The highest BCUT2D eigenvalue weighted by molar-refractivity contribution is 5.79. The minimum Gasteiger partial charge on any atom is -0.484 e. The van der Waals surface area contributed by atoms with Crippen molar-refractivity contribution < 1.29 is 22.7 Å². The van der Waals surface area contributed by atoms with Crippen LogP contribution in [0, 0.1) is 19.8 Å². The first kappa shape index (κ1) is 18.6. The molecule has 0 radical (unpaired) electrons. The van der Waals surface area contributed by atoms with Crippen LogP contribution in [-0.4, -0.2) is 43.7 Å². The zero-order chi connectivity index (χ0) is 17.9. The van der Waals surface area contributed by atoms with Crippen molar-refractivity contribution in [3.63, 3.8) is 0 Å². The van der Waals surface area contributed by atoms with Gasteiger partial charge in [0.2, 0.25) is 5.91 Å². The lowest BCUT2D eigenvalue weighted by atomic mass is 10.0. The van der Waals surface area contributed by atoms with Crippen molar-refractivity contribution in [3.05, 3.63) is 28.8 Å². The average molecular weight is 344 g/mol. The molecular weight excluding hydrogens is 321 g/mol. The van der Waals surface area contributed by atoms with E-state index in [0.717, 1.165) is 18.5 Å². The fourth-order valence-corrected chi connectivity index (χ4v) is 3.04. The third-order valence-electron chi connectivity index (χ3n) is 4.11. The van der Waals surface area contributed by atoms with E-state index >= 15 is 0 Å². The molecule has 1 amide bonds. The average Bonchev–Trinajstić information content (AvgIpc) is 2.98. The number of aryl methyl sites for hydroxylation is 2. The van der Waals surface area contributed by atoms with Gasteiger partial charge in [0.25, 0.3) is 0 Å². The number of carbonyl (C=O) groups is 1. The number of carbonyl (C=O) groups excluding carboxylic acids is 1. The van der Waals surface area contributed by atoms with E-state index in [1.165, 1.54) is 0 Å². The summed E-state index contributed by atoms with van der Waals surface area (Å²) in [6, 6.07) is 3.55. The molecule has 1 saturated heterocycles. The first-order valence-electron chi connectivity index (χ1n) is 7.93. The van der Waals surface area contributed by atoms with Crippen LogP contribution in [0.1, 0.15) is 23.1 Å². The molecule has 1 N–H and O–H groups in total. The molecule has 24 heavy (non-hydrogen) atoms. The number of ether oxygens (including phenoxy) is 1. The van der Waals surface area contributed by atoms with Crippen molar-refractivity contribution in [2.24, 2.45) is 5.92 Å². The van der Waals surface area contributed by atoms with Crippen LogP contribution >= 0.6 is 0 Å². The van der Waals surface area contributed by atoms with E-state index in [1.807, 2.05) is 0 Å². The molecule has 0 saturated carbocycles. The molecule has 1 aliphatic heterocycles. The van der Waals surface area contributed by atoms with Crippen LogP contribution in [0.25, 0.3) is 0 Å². The molecule has 134 valence electrons. The summed E-state index contributed by atoms with van der Waals surface area (Å²) in [7, 11) is 1.75. The van der Waals surface area contributed by atoms with Gasteiger partial charge in [-0.2, -0.15) is 13.2 Å². The first-order valence-corrected chi connectivity index (χ1v) is 7.93. The standard InChI is InChI=1S/C17H23F3N2O2/c1-11-6-13(7-12(2)15(11)24-10-17(18,19)20)9-22(3)16(23)14-4-5-21-8-14/h6-7,14,21H,4-5,8-10H2,1-3H3/t14-/m1/s1. The number of amides is 1. The normalized spacial score (nSPS) is 17.8. The third kappa shape index (κ3) is 4.87. The van der Waals surface area contributed by atoms with Crippen LogP contribution < -0.4 is 10.1 Å². The van der Waals surface area contributed by atoms with Crippen molar-refractivity contribution in [3.8, 4) is 5.75 Å². The Morgan fingerprint density at radius 1 is 1.33 bits per heavy atom. The van der Waals surface area contributed by atoms with Gasteiger partial charge < -0.3 is 15.0 Å². The first-order chi connectivity index (χ1) is 11.2. The molecule has 0 aromatic heterocycles. The Kier molecular flexibility index (Phi) is 5.74. The maximum atomic E-state index is 12.3. The highest BCUT2D eigenvalue weighted by Crippen LogP contribution is 2.27. The molecule has 1 aromatic rings. The molecule has 2 rings (SSSR count). The van der Waals surface area contributed by atoms with Gasteiger partial charge >= 0.3 is 6.18 Å². The van der Waals surface area contributed by atoms with Crippen LogP contribution in [0.4, 0.5) is 13.2 Å². The van der Waals surface area contributed by atoms with Crippen molar-refractivity contribution in [1.82, 2.24) is 10.2 Å². The SMILES string of the molecule is Cc1cc(CN(C)C(=O)[C@@H]2CCNC2)cc(C)c1OCC(F)(F)F. The zero-order valence-corrected chi connectivity index (χ0v) is 14.2. The van der Waals surface area contributed by atoms with E-state index in [1.54, 1.807) is 37.9 Å². The van der Waals surface area contributed by atoms with E-state index < -0.39 is 12.8 Å². The van der Waals surface area contributed by atoms with Crippen LogP contribution in [-0.2, 0) is 11.3 Å². The Labute approximate surface area is 140 Å². The lowest BCUT2D eigenvalue weighted by Crippen LogP contribution is -2.33. The Balaban J connectivity index is 2.05. The number of nitrogens with zero attached hydrogens (tertiary/aromatic N) is 1. The Morgan fingerprint density at radius 2 is 1.96 bits per heavy atom. The van der Waals surface area contributed by atoms with E-state index in [-0.39, 0.29) is 17.6 Å². The molecule has 1 aromatic carbocycles. The van der Waals surface area contributed by atoms with Gasteiger partial charge in [0, 0.05) is 20.1 Å². The maximum absolute atomic E-state index is 12.3. The predicted molar refractivity (Wildman–Crippen MR) is 84.9 cm³/mol. The number of hydrogen-bond donors (Lipinski definition) is 1. The van der Waals surface area contributed by atoms with Crippen LogP contribution in [0.5, 0.6) is 5.75 Å². The van der Waals surface area contributed by atoms with Gasteiger partial charge in [0.1, 0.15) is 5.75 Å². The number of nitrogens with one attached hydrogen (secondary N) is 1. The number of halogens is 3. The van der Waals surface area contributed by atoms with Crippen molar-refractivity contribution >= 4 is 5.91 Å². The lowest BCUT2D eigenvalue weighted by Gasteiger charge is -2.22. The number of rotatable bonds is 5. The molecule has 1 fully saturated rings. The second-order valence-corrected chi connectivity index (χ2v) is 6.35. The van der Waals surface area contributed by atoms with Crippen molar-refractivity contribution in [1.29, 1.82) is 0 Å². The zero-order valence-electron chi connectivity index (χ0n) is 14.2. The van der Waals surface area contributed by atoms with Gasteiger partial charge in [-0.25, -0.2) is 0 Å². The topological polar surface area (TPSA) is 41.6 Å². The summed E-state index contributed by atoms with van der Waals surface area (Å²) in [6.45, 7) is 4.10. The summed E-state index contributed by atoms with van der Waals surface area (Å²) in [5, 5.41) is 3.17. The molecule has 1 atom stereocenters. The van der Waals surface area contributed by atoms with E-state index in [2.05, 4.69) is 5.32 Å². The number of hydrogen-bond acceptors (Lipinski definition) is 3. The molecule has 0 bridgehead atoms. The molecule has 1 aliphatic rings. The van der Waals surface area contributed by atoms with Gasteiger partial charge in [-0.15, -0.1) is 0 Å². The quantitative estimate of drug-likeness (QED) is 0.893. The summed E-state index contributed by atoms with van der Waals surface area (Å²) in [5.74, 6) is 0.351. The van der Waals surface area contributed by atoms with Crippen molar-refractivity contribution in [2.75, 3.05) is 26.7 Å². The van der Waals surface area contributed by atoms with Gasteiger partial charge in [-0.05, 0) is 43.5 Å². The van der Waals surface area contributed by atoms with Gasteiger partial charge in [-0.1, -0.05) is 12.1 Å². The Hall–Kier alpha value is -1.76. The Bertz CT molecular complexity index is 573. The highest BCUT2D eigenvalue weighted by Gasteiger charge is 2.29. The molecule has 0 spiro atoms. The van der Waals surface area contributed by atoms with Crippen LogP contribution in [0.15, 0.2) is 12.1 Å². The van der Waals surface area contributed by atoms with E-state index in [9.17, 15) is 18.0 Å². The summed E-state index contributed by atoms with van der Waals surface area (Å²) in [5.41, 5.74) is 2.15. The van der Waals surface area contributed by atoms with Gasteiger partial charge in [-0.3, -0.25) is 4.79 Å². The molecule has 0 aliphatic carbocycles. The number of alkyl halides is 3. The second kappa shape index (κ2) is 7.42. The van der Waals surface area contributed by atoms with Crippen molar-refractivity contribution in [2.45, 2.75) is 33.0 Å². The van der Waals surface area contributed by atoms with Gasteiger partial charge in [0.15, 0.2) is 6.61 Å². The molecule has 7 heteroatoms.